The van der Waals surface area contributed by atoms with E-state index in [1.807, 2.05) is 32.0 Å². The molecule has 1 aromatic carbocycles. The predicted molar refractivity (Wildman–Crippen MR) is 84.7 cm³/mol. The van der Waals surface area contributed by atoms with Crippen LogP contribution in [0.3, 0.4) is 0 Å². The number of hydrogen-bond acceptors (Lipinski definition) is 5. The van der Waals surface area contributed by atoms with Crippen molar-refractivity contribution in [3.8, 4) is 5.75 Å². The summed E-state index contributed by atoms with van der Waals surface area (Å²) >= 11 is 0. The van der Waals surface area contributed by atoms with Crippen LogP contribution in [0.5, 0.6) is 5.75 Å². The highest BCUT2D eigenvalue weighted by Crippen LogP contribution is 2.33. The smallest absolute Gasteiger partial charge is 0.144 e. The van der Waals surface area contributed by atoms with Gasteiger partial charge < -0.3 is 20.3 Å². The molecule has 0 spiro atoms. The fraction of sp³-hybridized carbons (Fsp3) is 0.438. The molecule has 0 fully saturated rings. The second kappa shape index (κ2) is 6.52. The van der Waals surface area contributed by atoms with E-state index < -0.39 is 0 Å². The SMILES string of the molecule is CCCOc1cccc(NC(C)c2c(C)noc2C)c1N. The standard InChI is InChI=1S/C16H23N3O2/c1-5-9-20-14-8-6-7-13(16(14)17)18-10(2)15-11(3)19-21-12(15)4/h6-8,10,18H,5,9,17H2,1-4H3. The number of nitrogens with one attached hydrogen (secondary N) is 1. The molecular weight excluding hydrogens is 266 g/mol. The summed E-state index contributed by atoms with van der Waals surface area (Å²) in [6.45, 7) is 8.64. The maximum atomic E-state index is 6.18. The minimum Gasteiger partial charge on any atom is -0.491 e. The van der Waals surface area contributed by atoms with Crippen LogP contribution < -0.4 is 15.8 Å². The molecule has 2 aromatic rings. The lowest BCUT2D eigenvalue weighted by molar-refractivity contribution is 0.319. The summed E-state index contributed by atoms with van der Waals surface area (Å²) < 4.78 is 10.9. The molecule has 0 amide bonds. The number of aryl methyl sites for hydroxylation is 2. The minimum atomic E-state index is 0.0555. The summed E-state index contributed by atoms with van der Waals surface area (Å²) in [5.41, 5.74) is 9.62. The van der Waals surface area contributed by atoms with Gasteiger partial charge in [0.2, 0.25) is 0 Å². The molecule has 0 aliphatic heterocycles. The van der Waals surface area contributed by atoms with Gasteiger partial charge in [-0.3, -0.25) is 0 Å². The van der Waals surface area contributed by atoms with Crippen molar-refractivity contribution in [3.05, 3.63) is 35.2 Å². The fourth-order valence-electron chi connectivity index (χ4n) is 2.42. The zero-order valence-electron chi connectivity index (χ0n) is 13.1. The van der Waals surface area contributed by atoms with E-state index in [4.69, 9.17) is 15.0 Å². The van der Waals surface area contributed by atoms with Gasteiger partial charge in [0.15, 0.2) is 0 Å². The summed E-state index contributed by atoms with van der Waals surface area (Å²) in [6.07, 6.45) is 0.951. The number of nitrogens with two attached hydrogens (primary N) is 1. The van der Waals surface area contributed by atoms with Crippen LogP contribution in [0.1, 0.15) is 43.3 Å². The number of benzene rings is 1. The van der Waals surface area contributed by atoms with Crippen molar-refractivity contribution in [2.24, 2.45) is 0 Å². The molecule has 0 aliphatic rings. The Morgan fingerprint density at radius 2 is 2.14 bits per heavy atom. The van der Waals surface area contributed by atoms with Crippen molar-refractivity contribution in [3.63, 3.8) is 0 Å². The van der Waals surface area contributed by atoms with Gasteiger partial charge in [-0.2, -0.15) is 0 Å². The fourth-order valence-corrected chi connectivity index (χ4v) is 2.42. The first-order valence-electron chi connectivity index (χ1n) is 7.25. The largest absolute Gasteiger partial charge is 0.491 e. The van der Waals surface area contributed by atoms with Crippen molar-refractivity contribution < 1.29 is 9.26 Å². The van der Waals surface area contributed by atoms with Gasteiger partial charge in [0, 0.05) is 5.56 Å². The first kappa shape index (κ1) is 15.2. The average Bonchev–Trinajstić information content (AvgIpc) is 2.79. The molecule has 0 bridgehead atoms. The monoisotopic (exact) mass is 289 g/mol. The third-order valence-corrected chi connectivity index (χ3v) is 3.42. The number of anilines is 2. The molecular formula is C16H23N3O2. The highest BCUT2D eigenvalue weighted by molar-refractivity contribution is 5.73. The summed E-state index contributed by atoms with van der Waals surface area (Å²) in [5, 5.41) is 7.39. The van der Waals surface area contributed by atoms with Crippen LogP contribution in [0, 0.1) is 13.8 Å². The Balaban J connectivity index is 2.19. The van der Waals surface area contributed by atoms with E-state index in [9.17, 15) is 0 Å². The van der Waals surface area contributed by atoms with Crippen molar-refractivity contribution in [1.82, 2.24) is 5.16 Å². The van der Waals surface area contributed by atoms with E-state index in [0.29, 0.717) is 18.0 Å². The van der Waals surface area contributed by atoms with Gasteiger partial charge in [-0.15, -0.1) is 0 Å². The lowest BCUT2D eigenvalue weighted by Gasteiger charge is -2.18. The van der Waals surface area contributed by atoms with Crippen LogP contribution in [0.4, 0.5) is 11.4 Å². The van der Waals surface area contributed by atoms with Crippen LogP contribution in [-0.2, 0) is 0 Å². The van der Waals surface area contributed by atoms with Gasteiger partial charge in [0.25, 0.3) is 0 Å². The second-order valence-electron chi connectivity index (χ2n) is 5.17. The number of ether oxygens (including phenoxy) is 1. The number of para-hydroxylation sites is 1. The van der Waals surface area contributed by atoms with Gasteiger partial charge in [0.1, 0.15) is 11.5 Å². The maximum Gasteiger partial charge on any atom is 0.144 e. The van der Waals surface area contributed by atoms with Crippen LogP contribution >= 0.6 is 0 Å². The molecule has 0 aliphatic carbocycles. The Hall–Kier alpha value is -2.17. The van der Waals surface area contributed by atoms with Gasteiger partial charge >= 0.3 is 0 Å². The Labute approximate surface area is 125 Å². The zero-order valence-corrected chi connectivity index (χ0v) is 13.1. The first-order valence-corrected chi connectivity index (χ1v) is 7.25. The molecule has 0 saturated heterocycles. The van der Waals surface area contributed by atoms with Crippen LogP contribution in [0.15, 0.2) is 22.7 Å². The Kier molecular flexibility index (Phi) is 4.73. The van der Waals surface area contributed by atoms with Gasteiger partial charge in [-0.25, -0.2) is 0 Å². The maximum absolute atomic E-state index is 6.18. The number of hydrogen-bond donors (Lipinski definition) is 2. The molecule has 5 nitrogen and oxygen atoms in total. The Morgan fingerprint density at radius 3 is 2.76 bits per heavy atom. The average molecular weight is 289 g/mol. The van der Waals surface area contributed by atoms with E-state index >= 15 is 0 Å². The molecule has 0 saturated carbocycles. The highest BCUT2D eigenvalue weighted by atomic mass is 16.5. The lowest BCUT2D eigenvalue weighted by Crippen LogP contribution is -2.10. The molecule has 3 N–H and O–H groups in total. The normalized spacial score (nSPS) is 12.2. The quantitative estimate of drug-likeness (QED) is 0.790. The number of nitrogen functional groups attached to an aromatic ring is 1. The summed E-state index contributed by atoms with van der Waals surface area (Å²) in [4.78, 5) is 0. The predicted octanol–water partition coefficient (Wildman–Crippen LogP) is 3.84. The van der Waals surface area contributed by atoms with Crippen molar-refractivity contribution >= 4 is 11.4 Å². The van der Waals surface area contributed by atoms with Crippen LogP contribution in [-0.4, -0.2) is 11.8 Å². The molecule has 21 heavy (non-hydrogen) atoms. The van der Waals surface area contributed by atoms with Crippen molar-refractivity contribution in [2.75, 3.05) is 17.7 Å². The van der Waals surface area contributed by atoms with E-state index in [0.717, 1.165) is 29.1 Å². The molecule has 114 valence electrons. The molecule has 2 rings (SSSR count). The summed E-state index contributed by atoms with van der Waals surface area (Å²) in [7, 11) is 0. The number of rotatable bonds is 6. The van der Waals surface area contributed by atoms with Gasteiger partial charge in [-0.05, 0) is 39.3 Å². The molecule has 1 aromatic heterocycles. The second-order valence-corrected chi connectivity index (χ2v) is 5.17. The first-order chi connectivity index (χ1) is 10.0. The van der Waals surface area contributed by atoms with Crippen molar-refractivity contribution in [2.45, 2.75) is 40.2 Å². The van der Waals surface area contributed by atoms with Gasteiger partial charge in [-0.1, -0.05) is 18.1 Å². The molecule has 5 heteroatoms. The molecule has 1 unspecified atom stereocenters. The highest BCUT2D eigenvalue weighted by Gasteiger charge is 2.17. The lowest BCUT2D eigenvalue weighted by atomic mass is 10.1. The summed E-state index contributed by atoms with van der Waals surface area (Å²) in [5.74, 6) is 1.54. The summed E-state index contributed by atoms with van der Waals surface area (Å²) in [6, 6.07) is 5.82. The van der Waals surface area contributed by atoms with E-state index in [-0.39, 0.29) is 6.04 Å². The van der Waals surface area contributed by atoms with Crippen LogP contribution in [0.2, 0.25) is 0 Å². The topological polar surface area (TPSA) is 73.3 Å². The third-order valence-electron chi connectivity index (χ3n) is 3.42. The minimum absolute atomic E-state index is 0.0555. The molecule has 0 radical (unpaired) electrons. The van der Waals surface area contributed by atoms with E-state index in [2.05, 4.69) is 24.3 Å². The molecule has 1 atom stereocenters. The molecule has 1 heterocycles. The Bertz CT molecular complexity index is 588. The van der Waals surface area contributed by atoms with E-state index in [1.165, 1.54) is 0 Å². The zero-order chi connectivity index (χ0) is 15.4. The third kappa shape index (κ3) is 3.29. The number of nitrogens with zero attached hydrogens (tertiary/aromatic N) is 1. The van der Waals surface area contributed by atoms with E-state index in [1.54, 1.807) is 0 Å². The number of aromatic nitrogens is 1. The van der Waals surface area contributed by atoms with Gasteiger partial charge in [0.05, 0.1) is 29.7 Å². The van der Waals surface area contributed by atoms with Crippen LogP contribution in [0.25, 0.3) is 0 Å². The van der Waals surface area contributed by atoms with Crippen molar-refractivity contribution in [1.29, 1.82) is 0 Å². The Morgan fingerprint density at radius 1 is 1.38 bits per heavy atom.